The molecule has 1 aliphatic rings. The van der Waals surface area contributed by atoms with Gasteiger partial charge in [-0.05, 0) is 37.2 Å². The fourth-order valence-corrected chi connectivity index (χ4v) is 4.10. The van der Waals surface area contributed by atoms with Crippen LogP contribution in [0.2, 0.25) is 0 Å². The van der Waals surface area contributed by atoms with E-state index < -0.39 is 5.54 Å². The van der Waals surface area contributed by atoms with Crippen molar-refractivity contribution in [1.82, 2.24) is 16.0 Å². The number of carbonyl (C=O) groups is 2. The van der Waals surface area contributed by atoms with Gasteiger partial charge in [0.15, 0.2) is 0 Å². The monoisotopic (exact) mass is 359 g/mol. The van der Waals surface area contributed by atoms with Gasteiger partial charge in [-0.3, -0.25) is 4.79 Å². The maximum Gasteiger partial charge on any atom is 0.315 e. The van der Waals surface area contributed by atoms with E-state index in [4.69, 9.17) is 0 Å². The summed E-state index contributed by atoms with van der Waals surface area (Å²) in [6.45, 7) is 6.38. The van der Waals surface area contributed by atoms with E-state index >= 15 is 0 Å². The molecule has 1 aromatic carbocycles. The highest BCUT2D eigenvalue weighted by Gasteiger charge is 2.40. The molecule has 2 rings (SSSR count). The number of nitrogens with one attached hydrogen (secondary N) is 3. The summed E-state index contributed by atoms with van der Waals surface area (Å²) in [5.41, 5.74) is 0.436. The van der Waals surface area contributed by atoms with Gasteiger partial charge in [-0.2, -0.15) is 0 Å². The van der Waals surface area contributed by atoms with Crippen molar-refractivity contribution in [1.29, 1.82) is 0 Å². The lowest BCUT2D eigenvalue weighted by atomic mass is 9.79. The molecule has 1 aliphatic carbocycles. The number of carbonyl (C=O) groups excluding carboxylic acids is 2. The Morgan fingerprint density at radius 2 is 1.73 bits per heavy atom. The lowest BCUT2D eigenvalue weighted by molar-refractivity contribution is -0.128. The zero-order chi connectivity index (χ0) is 19.2. The zero-order valence-electron chi connectivity index (χ0n) is 16.5. The molecule has 0 aromatic heterocycles. The molecular formula is C21H33N3O2. The van der Waals surface area contributed by atoms with Gasteiger partial charge in [0.25, 0.3) is 0 Å². The summed E-state index contributed by atoms with van der Waals surface area (Å²) in [5.74, 6) is -0.0929. The third-order valence-electron chi connectivity index (χ3n) is 5.47. The van der Waals surface area contributed by atoms with E-state index in [1.807, 2.05) is 25.1 Å². The Hall–Kier alpha value is -2.04. The molecule has 0 radical (unpaired) electrons. The Labute approximate surface area is 157 Å². The maximum atomic E-state index is 12.6. The van der Waals surface area contributed by atoms with Crippen LogP contribution in [0.25, 0.3) is 0 Å². The van der Waals surface area contributed by atoms with Crippen molar-refractivity contribution in [3.8, 4) is 0 Å². The van der Waals surface area contributed by atoms with E-state index in [1.165, 1.54) is 5.56 Å². The molecule has 1 aromatic rings. The zero-order valence-corrected chi connectivity index (χ0v) is 16.5. The predicted octanol–water partition coefficient (Wildman–Crippen LogP) is 3.49. The minimum absolute atomic E-state index is 0.00413. The molecule has 0 aliphatic heterocycles. The van der Waals surface area contributed by atoms with Gasteiger partial charge in [-0.25, -0.2) is 4.79 Å². The lowest BCUT2D eigenvalue weighted by Crippen LogP contribution is -2.61. The van der Waals surface area contributed by atoms with E-state index in [1.54, 1.807) is 7.05 Å². The van der Waals surface area contributed by atoms with Crippen molar-refractivity contribution in [2.45, 2.75) is 76.3 Å². The van der Waals surface area contributed by atoms with Crippen LogP contribution in [0.5, 0.6) is 0 Å². The fourth-order valence-electron chi connectivity index (χ4n) is 4.10. The van der Waals surface area contributed by atoms with Gasteiger partial charge in [0.1, 0.15) is 5.54 Å². The quantitative estimate of drug-likeness (QED) is 0.728. The van der Waals surface area contributed by atoms with Crippen molar-refractivity contribution in [2.75, 3.05) is 7.05 Å². The van der Waals surface area contributed by atoms with Crippen molar-refractivity contribution < 1.29 is 9.59 Å². The number of rotatable bonds is 6. The number of hydrogen-bond donors (Lipinski definition) is 3. The normalized spacial score (nSPS) is 17.8. The fraction of sp³-hybridized carbons (Fsp3) is 0.619. The lowest BCUT2D eigenvalue weighted by Gasteiger charge is -2.37. The molecule has 5 heteroatoms. The van der Waals surface area contributed by atoms with E-state index in [9.17, 15) is 9.59 Å². The Kier molecular flexibility index (Phi) is 6.68. The largest absolute Gasteiger partial charge is 0.357 e. The van der Waals surface area contributed by atoms with Crippen molar-refractivity contribution in [3.05, 3.63) is 35.9 Å². The molecule has 3 amide bonds. The van der Waals surface area contributed by atoms with Gasteiger partial charge in [-0.1, -0.05) is 63.4 Å². The highest BCUT2D eigenvalue weighted by Crippen LogP contribution is 2.29. The number of likely N-dealkylation sites (N-methyl/N-ethyl adjacent to an activating group) is 1. The van der Waals surface area contributed by atoms with Crippen LogP contribution in [0.3, 0.4) is 0 Å². The molecule has 1 unspecified atom stereocenters. The first-order chi connectivity index (χ1) is 12.3. The van der Waals surface area contributed by atoms with Gasteiger partial charge in [0, 0.05) is 13.1 Å². The molecule has 144 valence electrons. The molecular weight excluding hydrogens is 326 g/mol. The van der Waals surface area contributed by atoms with Crippen LogP contribution in [0.1, 0.15) is 64.9 Å². The van der Waals surface area contributed by atoms with Crippen LogP contribution in [-0.2, 0) is 10.2 Å². The maximum absolute atomic E-state index is 12.6. The highest BCUT2D eigenvalue weighted by atomic mass is 16.2. The standard InChI is InChI=1S/C21H33N3O2/c1-16(15-20(2,3)17-11-7-5-8-12-17)23-19(26)24-21(18(25)22-4)13-9-6-10-14-21/h5,7-8,11-12,16H,6,9-10,13-15H2,1-4H3,(H,22,25)(H2,23,24,26). The molecule has 26 heavy (non-hydrogen) atoms. The van der Waals surface area contributed by atoms with Crippen molar-refractivity contribution >= 4 is 11.9 Å². The molecule has 0 saturated heterocycles. The smallest absolute Gasteiger partial charge is 0.315 e. The van der Waals surface area contributed by atoms with Gasteiger partial charge in [-0.15, -0.1) is 0 Å². The molecule has 1 saturated carbocycles. The first-order valence-electron chi connectivity index (χ1n) is 9.65. The topological polar surface area (TPSA) is 70.2 Å². The second-order valence-corrected chi connectivity index (χ2v) is 8.18. The third-order valence-corrected chi connectivity index (χ3v) is 5.47. The third kappa shape index (κ3) is 4.99. The van der Waals surface area contributed by atoms with Gasteiger partial charge < -0.3 is 16.0 Å². The van der Waals surface area contributed by atoms with Crippen LogP contribution >= 0.6 is 0 Å². The molecule has 5 nitrogen and oxygen atoms in total. The minimum atomic E-state index is -0.772. The van der Waals surface area contributed by atoms with Crippen LogP contribution < -0.4 is 16.0 Å². The second-order valence-electron chi connectivity index (χ2n) is 8.18. The number of amides is 3. The molecule has 1 fully saturated rings. The van der Waals surface area contributed by atoms with E-state index in [2.05, 4.69) is 41.9 Å². The summed E-state index contributed by atoms with van der Waals surface area (Å²) in [5, 5.41) is 8.72. The second kappa shape index (κ2) is 8.56. The van der Waals surface area contributed by atoms with Crippen LogP contribution in [0, 0.1) is 0 Å². The highest BCUT2D eigenvalue weighted by molar-refractivity contribution is 5.91. The first kappa shape index (κ1) is 20.3. The van der Waals surface area contributed by atoms with Crippen molar-refractivity contribution in [3.63, 3.8) is 0 Å². The minimum Gasteiger partial charge on any atom is -0.357 e. The average Bonchev–Trinajstić information content (AvgIpc) is 2.61. The van der Waals surface area contributed by atoms with Crippen LogP contribution in [-0.4, -0.2) is 30.6 Å². The number of hydrogen-bond acceptors (Lipinski definition) is 2. The molecule has 0 heterocycles. The Morgan fingerprint density at radius 1 is 1.12 bits per heavy atom. The summed E-state index contributed by atoms with van der Waals surface area (Å²) in [7, 11) is 1.63. The number of urea groups is 1. The van der Waals surface area contributed by atoms with E-state index in [0.29, 0.717) is 12.8 Å². The summed E-state index contributed by atoms with van der Waals surface area (Å²) in [6, 6.07) is 10.1. The van der Waals surface area contributed by atoms with Gasteiger partial charge in [0.05, 0.1) is 0 Å². The van der Waals surface area contributed by atoms with Gasteiger partial charge >= 0.3 is 6.03 Å². The van der Waals surface area contributed by atoms with Crippen molar-refractivity contribution in [2.24, 2.45) is 0 Å². The number of benzene rings is 1. The van der Waals surface area contributed by atoms with E-state index in [0.717, 1.165) is 25.7 Å². The average molecular weight is 360 g/mol. The summed E-state index contributed by atoms with van der Waals surface area (Å²) in [4.78, 5) is 24.9. The summed E-state index contributed by atoms with van der Waals surface area (Å²) in [6.07, 6.45) is 5.25. The van der Waals surface area contributed by atoms with Gasteiger partial charge in [0.2, 0.25) is 5.91 Å². The molecule has 1 atom stereocenters. The molecule has 3 N–H and O–H groups in total. The summed E-state index contributed by atoms with van der Waals surface area (Å²) < 4.78 is 0. The first-order valence-corrected chi connectivity index (χ1v) is 9.65. The predicted molar refractivity (Wildman–Crippen MR) is 105 cm³/mol. The summed E-state index contributed by atoms with van der Waals surface area (Å²) >= 11 is 0. The van der Waals surface area contributed by atoms with Crippen LogP contribution in [0.4, 0.5) is 4.79 Å². The Morgan fingerprint density at radius 3 is 2.31 bits per heavy atom. The Balaban J connectivity index is 1.96. The Bertz CT molecular complexity index is 607. The SMILES string of the molecule is CNC(=O)C1(NC(=O)NC(C)CC(C)(C)c2ccccc2)CCCCC1. The van der Waals surface area contributed by atoms with Crippen LogP contribution in [0.15, 0.2) is 30.3 Å². The van der Waals surface area contributed by atoms with E-state index in [-0.39, 0.29) is 23.4 Å². The molecule has 0 spiro atoms. The molecule has 0 bridgehead atoms.